The molecule has 0 saturated heterocycles. The van der Waals surface area contributed by atoms with E-state index in [1.165, 1.54) is 0 Å². The van der Waals surface area contributed by atoms with E-state index < -0.39 is 0 Å². The molecule has 2 rings (SSSR count). The minimum atomic E-state index is 0.392. The second-order valence-electron chi connectivity index (χ2n) is 3.45. The predicted octanol–water partition coefficient (Wildman–Crippen LogP) is 5.99. The molecule has 2 aromatic rings. The first-order valence-corrected chi connectivity index (χ1v) is 7.45. The SMILES string of the molecule is Clc1ccc(CSc2ccc(Cl)c(Cl)c2)c(Cl)n1. The highest BCUT2D eigenvalue weighted by Crippen LogP contribution is 2.31. The third kappa shape index (κ3) is 3.69. The number of halogens is 4. The summed E-state index contributed by atoms with van der Waals surface area (Å²) in [5.74, 6) is 0.695. The minimum absolute atomic E-state index is 0.392. The number of benzene rings is 1. The highest BCUT2D eigenvalue weighted by molar-refractivity contribution is 7.98. The predicted molar refractivity (Wildman–Crippen MR) is 80.3 cm³/mol. The van der Waals surface area contributed by atoms with Crippen molar-refractivity contribution in [3.8, 4) is 0 Å². The molecule has 0 saturated carbocycles. The minimum Gasteiger partial charge on any atom is -0.224 e. The monoisotopic (exact) mass is 337 g/mol. The van der Waals surface area contributed by atoms with E-state index in [0.29, 0.717) is 26.1 Å². The van der Waals surface area contributed by atoms with Crippen molar-refractivity contribution in [3.05, 3.63) is 56.2 Å². The van der Waals surface area contributed by atoms with Gasteiger partial charge in [-0.2, -0.15) is 0 Å². The van der Waals surface area contributed by atoms with E-state index in [9.17, 15) is 0 Å². The van der Waals surface area contributed by atoms with Gasteiger partial charge in [-0.1, -0.05) is 52.5 Å². The summed E-state index contributed by atoms with van der Waals surface area (Å²) in [6.45, 7) is 0. The Morgan fingerprint density at radius 1 is 0.944 bits per heavy atom. The van der Waals surface area contributed by atoms with Gasteiger partial charge in [0.05, 0.1) is 10.0 Å². The molecular weight excluding hydrogens is 332 g/mol. The van der Waals surface area contributed by atoms with Crippen LogP contribution in [0.4, 0.5) is 0 Å². The number of thioether (sulfide) groups is 1. The normalized spacial score (nSPS) is 10.7. The fraction of sp³-hybridized carbons (Fsp3) is 0.0833. The van der Waals surface area contributed by atoms with Crippen LogP contribution in [0.1, 0.15) is 5.56 Å². The van der Waals surface area contributed by atoms with Crippen molar-refractivity contribution in [1.82, 2.24) is 4.98 Å². The maximum absolute atomic E-state index is 6.00. The zero-order chi connectivity index (χ0) is 13.1. The van der Waals surface area contributed by atoms with Crippen molar-refractivity contribution >= 4 is 58.2 Å². The molecule has 0 bridgehead atoms. The van der Waals surface area contributed by atoms with Gasteiger partial charge >= 0.3 is 0 Å². The van der Waals surface area contributed by atoms with Crippen LogP contribution >= 0.6 is 58.2 Å². The molecule has 1 aromatic heterocycles. The van der Waals surface area contributed by atoms with Gasteiger partial charge in [-0.05, 0) is 29.8 Å². The Balaban J connectivity index is 2.09. The fourth-order valence-corrected chi connectivity index (χ4v) is 3.05. The Morgan fingerprint density at radius 3 is 2.39 bits per heavy atom. The molecule has 1 heterocycles. The number of nitrogens with zero attached hydrogens (tertiary/aromatic N) is 1. The number of hydrogen-bond acceptors (Lipinski definition) is 2. The summed E-state index contributed by atoms with van der Waals surface area (Å²) < 4.78 is 0. The van der Waals surface area contributed by atoms with Crippen LogP contribution in [-0.4, -0.2) is 4.98 Å². The van der Waals surface area contributed by atoms with Crippen LogP contribution in [0.25, 0.3) is 0 Å². The van der Waals surface area contributed by atoms with E-state index in [4.69, 9.17) is 46.4 Å². The quantitative estimate of drug-likeness (QED) is 0.503. The zero-order valence-corrected chi connectivity index (χ0v) is 12.8. The summed E-state index contributed by atoms with van der Waals surface area (Å²) in [5, 5.41) is 1.91. The molecule has 0 fully saturated rings. The summed E-state index contributed by atoms with van der Waals surface area (Å²) in [7, 11) is 0. The third-order valence-electron chi connectivity index (χ3n) is 2.18. The standard InChI is InChI=1S/C12H7Cl4NS/c13-9-3-2-8(5-10(9)14)18-6-7-1-4-11(15)17-12(7)16/h1-5H,6H2. The largest absolute Gasteiger partial charge is 0.224 e. The smallest absolute Gasteiger partial charge is 0.134 e. The highest BCUT2D eigenvalue weighted by atomic mass is 35.5. The van der Waals surface area contributed by atoms with E-state index in [1.807, 2.05) is 18.2 Å². The van der Waals surface area contributed by atoms with Gasteiger partial charge in [0.15, 0.2) is 0 Å². The highest BCUT2D eigenvalue weighted by Gasteiger charge is 2.05. The summed E-state index contributed by atoms with van der Waals surface area (Å²) in [4.78, 5) is 5.01. The van der Waals surface area contributed by atoms with Crippen molar-refractivity contribution in [2.45, 2.75) is 10.6 Å². The molecule has 0 spiro atoms. The van der Waals surface area contributed by atoms with Gasteiger partial charge in [-0.25, -0.2) is 4.98 Å². The summed E-state index contributed by atoms with van der Waals surface area (Å²) in [6.07, 6.45) is 0. The Kier molecular flexibility index (Phi) is 5.05. The van der Waals surface area contributed by atoms with Crippen molar-refractivity contribution in [2.24, 2.45) is 0 Å². The van der Waals surface area contributed by atoms with Crippen LogP contribution in [-0.2, 0) is 5.75 Å². The molecule has 18 heavy (non-hydrogen) atoms. The molecule has 0 atom stereocenters. The molecule has 0 amide bonds. The van der Waals surface area contributed by atoms with Gasteiger partial charge in [-0.15, -0.1) is 11.8 Å². The number of pyridine rings is 1. The molecule has 0 unspecified atom stereocenters. The second-order valence-corrected chi connectivity index (χ2v) is 6.06. The molecule has 0 aliphatic heterocycles. The lowest BCUT2D eigenvalue weighted by Crippen LogP contribution is -1.86. The molecule has 1 aromatic carbocycles. The Morgan fingerprint density at radius 2 is 1.72 bits per heavy atom. The van der Waals surface area contributed by atoms with Crippen LogP contribution in [0, 0.1) is 0 Å². The van der Waals surface area contributed by atoms with E-state index in [2.05, 4.69) is 4.98 Å². The van der Waals surface area contributed by atoms with Crippen LogP contribution in [0.3, 0.4) is 0 Å². The summed E-state index contributed by atoms with van der Waals surface area (Å²) in [6, 6.07) is 9.09. The van der Waals surface area contributed by atoms with Crippen LogP contribution in [0.5, 0.6) is 0 Å². The van der Waals surface area contributed by atoms with Crippen LogP contribution in [0.2, 0.25) is 20.4 Å². The summed E-state index contributed by atoms with van der Waals surface area (Å²) in [5.41, 5.74) is 0.928. The van der Waals surface area contributed by atoms with Crippen molar-refractivity contribution < 1.29 is 0 Å². The van der Waals surface area contributed by atoms with Gasteiger partial charge in [0.25, 0.3) is 0 Å². The maximum Gasteiger partial charge on any atom is 0.134 e. The van der Waals surface area contributed by atoms with Gasteiger partial charge < -0.3 is 0 Å². The van der Waals surface area contributed by atoms with Gasteiger partial charge in [0, 0.05) is 10.6 Å². The number of rotatable bonds is 3. The van der Waals surface area contributed by atoms with E-state index >= 15 is 0 Å². The average Bonchev–Trinajstić information content (AvgIpc) is 2.32. The van der Waals surface area contributed by atoms with Gasteiger partial charge in [0.1, 0.15) is 10.3 Å². The molecule has 1 nitrogen and oxygen atoms in total. The number of hydrogen-bond donors (Lipinski definition) is 0. The van der Waals surface area contributed by atoms with Crippen LogP contribution in [0.15, 0.2) is 35.2 Å². The maximum atomic E-state index is 6.00. The Bertz CT molecular complexity index is 574. The fourth-order valence-electron chi connectivity index (χ4n) is 1.28. The molecule has 6 heteroatoms. The molecule has 0 N–H and O–H groups in total. The van der Waals surface area contributed by atoms with Crippen LogP contribution < -0.4 is 0 Å². The van der Waals surface area contributed by atoms with E-state index in [0.717, 1.165) is 10.5 Å². The topological polar surface area (TPSA) is 12.9 Å². The first-order chi connectivity index (χ1) is 8.56. The number of aromatic nitrogens is 1. The van der Waals surface area contributed by atoms with E-state index in [1.54, 1.807) is 23.9 Å². The Hall–Kier alpha value is -0.120. The van der Waals surface area contributed by atoms with E-state index in [-0.39, 0.29) is 0 Å². The molecule has 0 aliphatic carbocycles. The lowest BCUT2D eigenvalue weighted by Gasteiger charge is -2.05. The van der Waals surface area contributed by atoms with Gasteiger partial charge in [0.2, 0.25) is 0 Å². The lowest BCUT2D eigenvalue weighted by molar-refractivity contribution is 1.25. The first kappa shape index (κ1) is 14.3. The summed E-state index contributed by atoms with van der Waals surface area (Å²) >= 11 is 25.1. The van der Waals surface area contributed by atoms with Gasteiger partial charge in [-0.3, -0.25) is 0 Å². The first-order valence-electron chi connectivity index (χ1n) is 4.95. The second kappa shape index (κ2) is 6.36. The van der Waals surface area contributed by atoms with Crippen molar-refractivity contribution in [2.75, 3.05) is 0 Å². The average molecular weight is 339 g/mol. The Labute approximate surface area is 129 Å². The molecule has 94 valence electrons. The molecule has 0 aliphatic rings. The molecular formula is C12H7Cl4NS. The molecule has 0 radical (unpaired) electrons. The van der Waals surface area contributed by atoms with Crippen molar-refractivity contribution in [1.29, 1.82) is 0 Å². The van der Waals surface area contributed by atoms with Crippen molar-refractivity contribution in [3.63, 3.8) is 0 Å². The third-order valence-corrected chi connectivity index (χ3v) is 4.50. The zero-order valence-electron chi connectivity index (χ0n) is 8.96. The lowest BCUT2D eigenvalue weighted by atomic mass is 10.3.